The largest absolute Gasteiger partial charge is 0.416 e. The van der Waals surface area contributed by atoms with Gasteiger partial charge >= 0.3 is 12.4 Å². The zero-order valence-electron chi connectivity index (χ0n) is 14.5. The maximum absolute atomic E-state index is 12.9. The maximum Gasteiger partial charge on any atom is 0.416 e. The smallest absolute Gasteiger partial charge is 0.166 e. The summed E-state index contributed by atoms with van der Waals surface area (Å²) in [5.74, 6) is -0.376. The topological polar surface area (TPSA) is 0 Å². The van der Waals surface area contributed by atoms with Gasteiger partial charge in [-0.3, -0.25) is 0 Å². The van der Waals surface area contributed by atoms with Crippen LogP contribution in [0, 0.1) is 0 Å². The summed E-state index contributed by atoms with van der Waals surface area (Å²) in [4.78, 5) is 0. The Kier molecular flexibility index (Phi) is 6.04. The van der Waals surface area contributed by atoms with E-state index in [9.17, 15) is 26.3 Å². The predicted octanol–water partition coefficient (Wildman–Crippen LogP) is 7.41. The molecular weight excluding hydrogens is 354 g/mol. The molecular formula is C20H20F6. The van der Waals surface area contributed by atoms with Crippen molar-refractivity contribution >= 4 is 0 Å². The van der Waals surface area contributed by atoms with Crippen LogP contribution >= 0.6 is 0 Å². The third-order valence-corrected chi connectivity index (χ3v) is 4.60. The average Bonchev–Trinajstić information content (AvgIpc) is 2.58. The summed E-state index contributed by atoms with van der Waals surface area (Å²) in [6.07, 6.45) is -7.76. The van der Waals surface area contributed by atoms with Crippen LogP contribution in [0.4, 0.5) is 26.3 Å². The lowest BCUT2D eigenvalue weighted by Crippen LogP contribution is -2.09. The molecule has 2 unspecified atom stereocenters. The molecule has 0 aliphatic heterocycles. The van der Waals surface area contributed by atoms with E-state index in [1.54, 1.807) is 19.1 Å². The molecule has 2 atom stereocenters. The van der Waals surface area contributed by atoms with Crippen LogP contribution in [0.2, 0.25) is 0 Å². The van der Waals surface area contributed by atoms with E-state index in [-0.39, 0.29) is 11.8 Å². The van der Waals surface area contributed by atoms with Crippen LogP contribution in [-0.4, -0.2) is 0 Å². The van der Waals surface area contributed by atoms with Crippen molar-refractivity contribution < 1.29 is 26.3 Å². The number of benzene rings is 2. The highest BCUT2D eigenvalue weighted by molar-refractivity contribution is 5.31. The van der Waals surface area contributed by atoms with Crippen LogP contribution in [0.3, 0.4) is 0 Å². The van der Waals surface area contributed by atoms with E-state index in [4.69, 9.17) is 0 Å². The lowest BCUT2D eigenvalue weighted by atomic mass is 9.84. The Morgan fingerprint density at radius 2 is 1.23 bits per heavy atom. The quantitative estimate of drug-likeness (QED) is 0.478. The van der Waals surface area contributed by atoms with Crippen LogP contribution in [0.15, 0.2) is 48.5 Å². The van der Waals surface area contributed by atoms with E-state index in [1.165, 1.54) is 12.1 Å². The summed E-state index contributed by atoms with van der Waals surface area (Å²) < 4.78 is 77.4. The molecule has 0 amide bonds. The zero-order valence-corrected chi connectivity index (χ0v) is 14.5. The van der Waals surface area contributed by atoms with Gasteiger partial charge in [-0.25, -0.2) is 0 Å². The minimum atomic E-state index is -4.42. The fourth-order valence-electron chi connectivity index (χ4n) is 3.09. The standard InChI is InChI=1S/C20H20F6/c1-3-14(16-7-5-9-18(12-16)20(24,25)26)10-13(2)15-6-4-8-17(11-15)19(21,22)23/h4-9,11-14H,3,10H2,1-2H3. The minimum Gasteiger partial charge on any atom is -0.166 e. The minimum absolute atomic E-state index is 0.165. The van der Waals surface area contributed by atoms with E-state index in [0.717, 1.165) is 24.3 Å². The van der Waals surface area contributed by atoms with E-state index in [0.29, 0.717) is 24.0 Å². The van der Waals surface area contributed by atoms with E-state index >= 15 is 0 Å². The van der Waals surface area contributed by atoms with Gasteiger partial charge in [-0.1, -0.05) is 50.2 Å². The summed E-state index contributed by atoms with van der Waals surface area (Å²) in [6, 6.07) is 10.3. The molecule has 2 rings (SSSR count). The van der Waals surface area contributed by atoms with Gasteiger partial charge in [0.2, 0.25) is 0 Å². The predicted molar refractivity (Wildman–Crippen MR) is 89.0 cm³/mol. The van der Waals surface area contributed by atoms with Crippen molar-refractivity contribution in [2.24, 2.45) is 0 Å². The molecule has 2 aromatic rings. The second-order valence-corrected chi connectivity index (χ2v) is 6.49. The van der Waals surface area contributed by atoms with Gasteiger partial charge in [0.15, 0.2) is 0 Å². The van der Waals surface area contributed by atoms with Gasteiger partial charge in [0.25, 0.3) is 0 Å². The van der Waals surface area contributed by atoms with E-state index < -0.39 is 23.5 Å². The Morgan fingerprint density at radius 1 is 0.769 bits per heavy atom. The highest BCUT2D eigenvalue weighted by Crippen LogP contribution is 2.37. The highest BCUT2D eigenvalue weighted by atomic mass is 19.4. The highest BCUT2D eigenvalue weighted by Gasteiger charge is 2.32. The molecule has 0 spiro atoms. The van der Waals surface area contributed by atoms with Crippen molar-refractivity contribution in [3.8, 4) is 0 Å². The molecule has 26 heavy (non-hydrogen) atoms. The van der Waals surface area contributed by atoms with Crippen LogP contribution in [0.5, 0.6) is 0 Å². The molecule has 2 aromatic carbocycles. The lowest BCUT2D eigenvalue weighted by molar-refractivity contribution is -0.138. The first-order valence-corrected chi connectivity index (χ1v) is 8.36. The summed E-state index contributed by atoms with van der Waals surface area (Å²) in [5.41, 5.74) is -0.333. The molecule has 0 aromatic heterocycles. The van der Waals surface area contributed by atoms with Crippen molar-refractivity contribution in [2.45, 2.75) is 50.9 Å². The Labute approximate surface area is 148 Å². The lowest BCUT2D eigenvalue weighted by Gasteiger charge is -2.22. The molecule has 0 radical (unpaired) electrons. The van der Waals surface area contributed by atoms with Crippen LogP contribution in [-0.2, 0) is 12.4 Å². The van der Waals surface area contributed by atoms with Crippen LogP contribution in [0.25, 0.3) is 0 Å². The third-order valence-electron chi connectivity index (χ3n) is 4.60. The Bertz CT molecular complexity index is 730. The molecule has 0 saturated carbocycles. The molecule has 0 saturated heterocycles. The third kappa shape index (κ3) is 5.02. The van der Waals surface area contributed by atoms with E-state index in [1.807, 2.05) is 6.92 Å². The zero-order chi connectivity index (χ0) is 19.5. The number of halogens is 6. The molecule has 0 fully saturated rings. The van der Waals surface area contributed by atoms with Gasteiger partial charge in [-0.15, -0.1) is 0 Å². The number of hydrogen-bond donors (Lipinski definition) is 0. The molecule has 0 N–H and O–H groups in total. The Hall–Kier alpha value is -1.98. The van der Waals surface area contributed by atoms with Crippen molar-refractivity contribution in [3.05, 3.63) is 70.8 Å². The second kappa shape index (κ2) is 7.72. The summed E-state index contributed by atoms with van der Waals surface area (Å²) in [5, 5.41) is 0. The first-order valence-electron chi connectivity index (χ1n) is 8.36. The molecule has 142 valence electrons. The van der Waals surface area contributed by atoms with Crippen LogP contribution in [0.1, 0.15) is 60.8 Å². The van der Waals surface area contributed by atoms with Gasteiger partial charge in [0, 0.05) is 0 Å². The molecule has 0 heterocycles. The van der Waals surface area contributed by atoms with Crippen LogP contribution < -0.4 is 0 Å². The van der Waals surface area contributed by atoms with Gasteiger partial charge in [0.1, 0.15) is 0 Å². The van der Waals surface area contributed by atoms with Gasteiger partial charge in [-0.05, 0) is 47.9 Å². The van der Waals surface area contributed by atoms with Gasteiger partial charge < -0.3 is 0 Å². The number of alkyl halides is 6. The average molecular weight is 374 g/mol. The van der Waals surface area contributed by atoms with E-state index in [2.05, 4.69) is 0 Å². The monoisotopic (exact) mass is 374 g/mol. The fraction of sp³-hybridized carbons (Fsp3) is 0.400. The first kappa shape index (κ1) is 20.3. The van der Waals surface area contributed by atoms with Gasteiger partial charge in [0.05, 0.1) is 11.1 Å². The SMILES string of the molecule is CCC(CC(C)c1cccc(C(F)(F)F)c1)c1cccc(C(F)(F)F)c1. The summed E-state index contributed by atoms with van der Waals surface area (Å²) >= 11 is 0. The second-order valence-electron chi connectivity index (χ2n) is 6.49. The molecule has 6 heteroatoms. The molecule has 0 nitrogen and oxygen atoms in total. The molecule has 0 bridgehead atoms. The Morgan fingerprint density at radius 3 is 1.69 bits per heavy atom. The van der Waals surface area contributed by atoms with Crippen molar-refractivity contribution in [2.75, 3.05) is 0 Å². The maximum atomic E-state index is 12.9. The van der Waals surface area contributed by atoms with Crippen molar-refractivity contribution in [3.63, 3.8) is 0 Å². The Balaban J connectivity index is 2.23. The fourth-order valence-corrected chi connectivity index (χ4v) is 3.09. The normalized spacial score (nSPS) is 14.9. The summed E-state index contributed by atoms with van der Waals surface area (Å²) in [6.45, 7) is 3.66. The van der Waals surface area contributed by atoms with Crippen molar-refractivity contribution in [1.29, 1.82) is 0 Å². The van der Waals surface area contributed by atoms with Crippen molar-refractivity contribution in [1.82, 2.24) is 0 Å². The first-order chi connectivity index (χ1) is 12.0. The summed E-state index contributed by atoms with van der Waals surface area (Å²) in [7, 11) is 0. The van der Waals surface area contributed by atoms with Gasteiger partial charge in [-0.2, -0.15) is 26.3 Å². The number of rotatable bonds is 5. The molecule has 0 aliphatic rings. The molecule has 0 aliphatic carbocycles. The number of hydrogen-bond acceptors (Lipinski definition) is 0.